The molecule has 0 bridgehead atoms. The van der Waals surface area contributed by atoms with E-state index in [-0.39, 0.29) is 22.8 Å². The first-order valence-electron chi connectivity index (χ1n) is 8.52. The van der Waals surface area contributed by atoms with Crippen molar-refractivity contribution in [3.63, 3.8) is 0 Å². The Labute approximate surface area is 176 Å². The third-order valence-electron chi connectivity index (χ3n) is 3.96. The maximum Gasteiger partial charge on any atom is 0.326 e. The van der Waals surface area contributed by atoms with E-state index in [4.69, 9.17) is 16.3 Å². The zero-order chi connectivity index (χ0) is 21.2. The molecule has 0 saturated heterocycles. The van der Waals surface area contributed by atoms with Gasteiger partial charge in [-0.05, 0) is 49.4 Å². The van der Waals surface area contributed by atoms with E-state index in [2.05, 4.69) is 4.99 Å². The summed E-state index contributed by atoms with van der Waals surface area (Å²) in [7, 11) is -3.40. The number of ether oxygens (including phenoxy) is 1. The fourth-order valence-corrected chi connectivity index (χ4v) is 4.52. The minimum absolute atomic E-state index is 0.144. The first-order chi connectivity index (χ1) is 13.7. The number of aromatic nitrogens is 1. The average Bonchev–Trinajstić information content (AvgIpc) is 2.98. The standard InChI is InChI=1S/C19H17ClN2O5S2/c1-3-27-17(23)11-22-15-9-8-14(29(2,25)26)10-16(15)28-19(22)21-18(24)12-4-6-13(20)7-5-12/h4-10H,3,11H2,1-2H3. The predicted octanol–water partition coefficient (Wildman–Crippen LogP) is 3.06. The molecule has 0 atom stereocenters. The van der Waals surface area contributed by atoms with Crippen molar-refractivity contribution in [2.75, 3.05) is 12.9 Å². The van der Waals surface area contributed by atoms with Crippen LogP contribution in [0.5, 0.6) is 0 Å². The highest BCUT2D eigenvalue weighted by Crippen LogP contribution is 2.22. The van der Waals surface area contributed by atoms with Crippen LogP contribution in [-0.4, -0.2) is 37.7 Å². The van der Waals surface area contributed by atoms with Crippen molar-refractivity contribution in [3.8, 4) is 0 Å². The van der Waals surface area contributed by atoms with E-state index in [1.54, 1.807) is 37.3 Å². The van der Waals surface area contributed by atoms with Crippen LogP contribution in [0.25, 0.3) is 10.2 Å². The highest BCUT2D eigenvalue weighted by atomic mass is 35.5. The highest BCUT2D eigenvalue weighted by molar-refractivity contribution is 7.90. The number of amides is 1. The van der Waals surface area contributed by atoms with Gasteiger partial charge in [0.15, 0.2) is 14.6 Å². The molecule has 0 aliphatic heterocycles. The lowest BCUT2D eigenvalue weighted by molar-refractivity contribution is -0.143. The SMILES string of the molecule is CCOC(=O)Cn1c(=NC(=O)c2ccc(Cl)cc2)sc2cc(S(C)(=O)=O)ccc21. The van der Waals surface area contributed by atoms with Crippen LogP contribution in [0.1, 0.15) is 17.3 Å². The normalized spacial score (nSPS) is 12.3. The number of sulfone groups is 1. The van der Waals surface area contributed by atoms with Gasteiger partial charge in [-0.2, -0.15) is 4.99 Å². The van der Waals surface area contributed by atoms with E-state index in [9.17, 15) is 18.0 Å². The molecule has 0 spiro atoms. The molecule has 0 radical (unpaired) electrons. The van der Waals surface area contributed by atoms with Crippen molar-refractivity contribution in [1.29, 1.82) is 0 Å². The molecule has 0 aliphatic carbocycles. The fourth-order valence-electron chi connectivity index (χ4n) is 2.60. The van der Waals surface area contributed by atoms with Gasteiger partial charge < -0.3 is 9.30 Å². The number of hydrogen-bond donors (Lipinski definition) is 0. The summed E-state index contributed by atoms with van der Waals surface area (Å²) in [6.07, 6.45) is 1.11. The average molecular weight is 453 g/mol. The van der Waals surface area contributed by atoms with Gasteiger partial charge in [0.2, 0.25) is 0 Å². The van der Waals surface area contributed by atoms with Crippen LogP contribution in [0.2, 0.25) is 5.02 Å². The fraction of sp³-hybridized carbons (Fsp3) is 0.211. The summed E-state index contributed by atoms with van der Waals surface area (Å²) in [5.74, 6) is -0.992. The summed E-state index contributed by atoms with van der Waals surface area (Å²) in [6.45, 7) is 1.76. The van der Waals surface area contributed by atoms with Gasteiger partial charge in [-0.15, -0.1) is 0 Å². The van der Waals surface area contributed by atoms with Gasteiger partial charge in [-0.25, -0.2) is 8.42 Å². The number of carbonyl (C=O) groups is 2. The van der Waals surface area contributed by atoms with Crippen molar-refractivity contribution in [2.45, 2.75) is 18.4 Å². The topological polar surface area (TPSA) is 94.8 Å². The van der Waals surface area contributed by atoms with Crippen LogP contribution >= 0.6 is 22.9 Å². The van der Waals surface area contributed by atoms with Crippen LogP contribution in [0.15, 0.2) is 52.4 Å². The van der Waals surface area contributed by atoms with Gasteiger partial charge in [0, 0.05) is 16.8 Å². The largest absolute Gasteiger partial charge is 0.465 e. The molecule has 29 heavy (non-hydrogen) atoms. The Kier molecular flexibility index (Phi) is 6.21. The second-order valence-corrected chi connectivity index (χ2v) is 9.56. The lowest BCUT2D eigenvalue weighted by Gasteiger charge is -2.05. The molecule has 2 aromatic carbocycles. The molecule has 0 saturated carbocycles. The van der Waals surface area contributed by atoms with Crippen molar-refractivity contribution in [1.82, 2.24) is 4.57 Å². The number of benzene rings is 2. The zero-order valence-electron chi connectivity index (χ0n) is 15.6. The number of fused-ring (bicyclic) bond motifs is 1. The maximum absolute atomic E-state index is 12.6. The molecule has 1 aromatic heterocycles. The molecule has 0 aliphatic rings. The number of rotatable bonds is 5. The summed E-state index contributed by atoms with van der Waals surface area (Å²) in [5, 5.41) is 0.495. The second kappa shape index (κ2) is 8.48. The van der Waals surface area contributed by atoms with Crippen LogP contribution < -0.4 is 4.80 Å². The Hall–Kier alpha value is -2.49. The van der Waals surface area contributed by atoms with Crippen molar-refractivity contribution >= 4 is 54.9 Å². The lowest BCUT2D eigenvalue weighted by Crippen LogP contribution is -2.23. The Bertz CT molecular complexity index is 1260. The van der Waals surface area contributed by atoms with Gasteiger partial charge in [-0.3, -0.25) is 9.59 Å². The smallest absolute Gasteiger partial charge is 0.326 e. The van der Waals surface area contributed by atoms with Gasteiger partial charge in [-0.1, -0.05) is 22.9 Å². The first kappa shape index (κ1) is 21.2. The summed E-state index contributed by atoms with van der Waals surface area (Å²) in [4.78, 5) is 29.2. The number of halogens is 1. The molecule has 0 fully saturated rings. The Balaban J connectivity index is 2.16. The van der Waals surface area contributed by atoms with Gasteiger partial charge >= 0.3 is 5.97 Å². The van der Waals surface area contributed by atoms with Crippen molar-refractivity contribution in [3.05, 3.63) is 57.9 Å². The quantitative estimate of drug-likeness (QED) is 0.554. The van der Waals surface area contributed by atoms with E-state index in [1.807, 2.05) is 0 Å². The molecule has 3 rings (SSSR count). The lowest BCUT2D eigenvalue weighted by atomic mass is 10.2. The number of carbonyl (C=O) groups excluding carboxylic acids is 2. The molecule has 0 N–H and O–H groups in total. The van der Waals surface area contributed by atoms with E-state index in [0.29, 0.717) is 20.8 Å². The zero-order valence-corrected chi connectivity index (χ0v) is 18.0. The Morgan fingerprint density at radius 2 is 1.86 bits per heavy atom. The van der Waals surface area contributed by atoms with Crippen LogP contribution in [0.4, 0.5) is 0 Å². The third kappa shape index (κ3) is 4.92. The van der Waals surface area contributed by atoms with E-state index in [1.165, 1.54) is 16.7 Å². The van der Waals surface area contributed by atoms with E-state index < -0.39 is 21.7 Å². The molecular formula is C19H17ClN2O5S2. The molecule has 10 heteroatoms. The number of esters is 1. The van der Waals surface area contributed by atoms with Gasteiger partial charge in [0.1, 0.15) is 6.54 Å². The predicted molar refractivity (Wildman–Crippen MR) is 111 cm³/mol. The molecule has 0 unspecified atom stereocenters. The molecule has 1 amide bonds. The van der Waals surface area contributed by atoms with Gasteiger partial charge in [0.25, 0.3) is 5.91 Å². The highest BCUT2D eigenvalue weighted by Gasteiger charge is 2.15. The Morgan fingerprint density at radius 1 is 1.17 bits per heavy atom. The molecule has 152 valence electrons. The monoisotopic (exact) mass is 452 g/mol. The minimum atomic E-state index is -3.40. The number of nitrogens with zero attached hydrogens (tertiary/aromatic N) is 2. The minimum Gasteiger partial charge on any atom is -0.465 e. The number of thiazole rings is 1. The third-order valence-corrected chi connectivity index (χ3v) is 6.37. The second-order valence-electron chi connectivity index (χ2n) is 6.10. The maximum atomic E-state index is 12.6. The summed E-state index contributed by atoms with van der Waals surface area (Å²) < 4.78 is 30.8. The van der Waals surface area contributed by atoms with Crippen LogP contribution in [0.3, 0.4) is 0 Å². The molecule has 7 nitrogen and oxygen atoms in total. The molecule has 1 heterocycles. The summed E-state index contributed by atoms with van der Waals surface area (Å²) >= 11 is 6.97. The molecule has 3 aromatic rings. The van der Waals surface area contributed by atoms with E-state index in [0.717, 1.165) is 17.6 Å². The van der Waals surface area contributed by atoms with Crippen molar-refractivity contribution in [2.24, 2.45) is 4.99 Å². The molecular weight excluding hydrogens is 436 g/mol. The van der Waals surface area contributed by atoms with Crippen LogP contribution in [-0.2, 0) is 25.9 Å². The summed E-state index contributed by atoms with van der Waals surface area (Å²) in [6, 6.07) is 10.8. The van der Waals surface area contributed by atoms with E-state index >= 15 is 0 Å². The Morgan fingerprint density at radius 3 is 2.48 bits per heavy atom. The first-order valence-corrected chi connectivity index (χ1v) is 11.6. The number of hydrogen-bond acceptors (Lipinski definition) is 6. The van der Waals surface area contributed by atoms with Crippen molar-refractivity contribution < 1.29 is 22.7 Å². The van der Waals surface area contributed by atoms with Gasteiger partial charge in [0.05, 0.1) is 21.7 Å². The van der Waals surface area contributed by atoms with Crippen LogP contribution in [0, 0.1) is 0 Å². The summed E-state index contributed by atoms with van der Waals surface area (Å²) in [5.41, 5.74) is 0.921.